The summed E-state index contributed by atoms with van der Waals surface area (Å²) in [6, 6.07) is 8.40. The van der Waals surface area contributed by atoms with Gasteiger partial charge in [-0.15, -0.1) is 11.3 Å². The molecule has 1 aliphatic rings. The molecule has 0 bridgehead atoms. The molecule has 2 N–H and O–H groups in total. The van der Waals surface area contributed by atoms with E-state index in [-0.39, 0.29) is 24.3 Å². The summed E-state index contributed by atoms with van der Waals surface area (Å²) in [5, 5.41) is 17.9. The SMILES string of the molecule is CC(C)C[C@H](NC(=O)c1ccc(-c2csc(C3=CCN(CC(Br)CBr)C=C3)n2)cc1)C(=O)NCC#N. The first-order chi connectivity index (χ1) is 17.3. The van der Waals surface area contributed by atoms with E-state index >= 15 is 0 Å². The normalized spacial score (nSPS) is 14.7. The monoisotopic (exact) mass is 633 g/mol. The number of aromatic nitrogens is 1. The maximum Gasteiger partial charge on any atom is 0.251 e. The van der Waals surface area contributed by atoms with E-state index in [4.69, 9.17) is 10.2 Å². The van der Waals surface area contributed by atoms with Crippen LogP contribution in [0.15, 0.2) is 48.0 Å². The highest BCUT2D eigenvalue weighted by atomic mass is 79.9. The Bertz CT molecular complexity index is 1150. The van der Waals surface area contributed by atoms with E-state index in [1.165, 1.54) is 0 Å². The fraction of sp³-hybridized carbons (Fsp3) is 0.385. The Morgan fingerprint density at radius 2 is 2.03 bits per heavy atom. The summed E-state index contributed by atoms with van der Waals surface area (Å²) in [4.78, 5) is 32.6. The van der Waals surface area contributed by atoms with Gasteiger partial charge in [0.05, 0.1) is 11.8 Å². The third-order valence-corrected chi connectivity index (χ3v) is 8.63. The molecular formula is C26H29Br2N5O2S. The lowest BCUT2D eigenvalue weighted by atomic mass is 10.0. The van der Waals surface area contributed by atoms with Gasteiger partial charge in [0, 0.05) is 51.5 Å². The Labute approximate surface area is 232 Å². The zero-order valence-electron chi connectivity index (χ0n) is 20.2. The second-order valence-electron chi connectivity index (χ2n) is 8.83. The number of nitriles is 1. The predicted octanol–water partition coefficient (Wildman–Crippen LogP) is 4.97. The average Bonchev–Trinajstić information content (AvgIpc) is 3.37. The zero-order chi connectivity index (χ0) is 26.1. The van der Waals surface area contributed by atoms with Gasteiger partial charge in [-0.25, -0.2) is 4.98 Å². The molecule has 0 aliphatic carbocycles. The Hall–Kier alpha value is -2.48. The number of carbonyl (C=O) groups is 2. The molecule has 36 heavy (non-hydrogen) atoms. The minimum atomic E-state index is -0.695. The van der Waals surface area contributed by atoms with Crippen molar-refractivity contribution in [2.45, 2.75) is 31.1 Å². The Morgan fingerprint density at radius 3 is 2.64 bits per heavy atom. The molecule has 2 atom stereocenters. The van der Waals surface area contributed by atoms with E-state index in [1.807, 2.05) is 37.4 Å². The molecule has 0 fully saturated rings. The molecule has 0 radical (unpaired) electrons. The van der Waals surface area contributed by atoms with Crippen molar-refractivity contribution in [1.82, 2.24) is 20.5 Å². The molecule has 3 rings (SSSR count). The van der Waals surface area contributed by atoms with Crippen LogP contribution in [0.2, 0.25) is 0 Å². The van der Waals surface area contributed by atoms with Crippen LogP contribution >= 0.6 is 43.2 Å². The topological polar surface area (TPSA) is 98.1 Å². The smallest absolute Gasteiger partial charge is 0.251 e. The van der Waals surface area contributed by atoms with E-state index in [9.17, 15) is 9.59 Å². The standard InChI is InChI=1S/C26H29Br2N5O2S/c1-17(2)13-22(25(35)30-10-9-29)31-24(34)19-5-3-18(4-6-19)23-16-36-26(32-23)20-7-11-33(12-8-20)15-21(28)14-27/h3-8,11,16-17,21-22H,10,12-15H2,1-2H3,(H,30,35)(H,31,34)/t21?,22-/m0/s1. The summed E-state index contributed by atoms with van der Waals surface area (Å²) in [7, 11) is 0. The Balaban J connectivity index is 1.63. The van der Waals surface area contributed by atoms with Crippen LogP contribution in [0.4, 0.5) is 0 Å². The summed E-state index contributed by atoms with van der Waals surface area (Å²) in [6.45, 7) is 5.63. The van der Waals surface area contributed by atoms with Crippen LogP contribution in [0.25, 0.3) is 16.8 Å². The fourth-order valence-electron chi connectivity index (χ4n) is 3.65. The molecule has 0 spiro atoms. The summed E-state index contributed by atoms with van der Waals surface area (Å²) in [6.07, 6.45) is 6.87. The second-order valence-corrected chi connectivity index (χ2v) is 11.6. The number of hydrogen-bond acceptors (Lipinski definition) is 6. The zero-order valence-corrected chi connectivity index (χ0v) is 24.2. The summed E-state index contributed by atoms with van der Waals surface area (Å²) in [5.74, 6) is -0.474. The number of nitrogens with one attached hydrogen (secondary N) is 2. The number of amides is 2. The van der Waals surface area contributed by atoms with Crippen LogP contribution < -0.4 is 10.6 Å². The fourth-order valence-corrected chi connectivity index (χ4v) is 5.08. The number of benzene rings is 1. The number of alkyl halides is 2. The number of nitrogens with zero attached hydrogens (tertiary/aromatic N) is 3. The second kappa shape index (κ2) is 13.7. The van der Waals surface area contributed by atoms with Gasteiger partial charge in [-0.2, -0.15) is 5.26 Å². The minimum absolute atomic E-state index is 0.0902. The van der Waals surface area contributed by atoms with Crippen molar-refractivity contribution in [2.24, 2.45) is 5.92 Å². The van der Waals surface area contributed by atoms with Crippen molar-refractivity contribution in [1.29, 1.82) is 5.26 Å². The van der Waals surface area contributed by atoms with Gasteiger partial charge in [-0.1, -0.05) is 63.9 Å². The third-order valence-electron chi connectivity index (χ3n) is 5.48. The largest absolute Gasteiger partial charge is 0.372 e. The number of allylic oxidation sites excluding steroid dienone is 2. The van der Waals surface area contributed by atoms with Crippen LogP contribution in [0.3, 0.4) is 0 Å². The van der Waals surface area contributed by atoms with Crippen molar-refractivity contribution in [3.8, 4) is 17.3 Å². The highest BCUT2D eigenvalue weighted by molar-refractivity contribution is 9.12. The first-order valence-electron chi connectivity index (χ1n) is 11.6. The Kier molecular flexibility index (Phi) is 10.7. The first-order valence-corrected chi connectivity index (χ1v) is 14.6. The van der Waals surface area contributed by atoms with Crippen LogP contribution in [-0.4, -0.2) is 57.5 Å². The van der Waals surface area contributed by atoms with Gasteiger partial charge in [0.25, 0.3) is 5.91 Å². The molecule has 190 valence electrons. The Morgan fingerprint density at radius 1 is 1.28 bits per heavy atom. The number of carbonyl (C=O) groups excluding carboxylic acids is 2. The average molecular weight is 635 g/mol. The molecule has 2 amide bonds. The van der Waals surface area contributed by atoms with Crippen LogP contribution in [0, 0.1) is 17.2 Å². The molecule has 0 saturated heterocycles. The lowest BCUT2D eigenvalue weighted by Crippen LogP contribution is -2.47. The molecule has 0 saturated carbocycles. The van der Waals surface area contributed by atoms with E-state index in [0.717, 1.165) is 40.3 Å². The molecule has 10 heteroatoms. The number of thiazole rings is 1. The summed E-state index contributed by atoms with van der Waals surface area (Å²) in [5.41, 5.74) is 3.34. The van der Waals surface area contributed by atoms with E-state index in [1.54, 1.807) is 23.5 Å². The van der Waals surface area contributed by atoms with E-state index in [0.29, 0.717) is 16.8 Å². The summed E-state index contributed by atoms with van der Waals surface area (Å²) >= 11 is 8.73. The molecule has 1 aromatic carbocycles. The van der Waals surface area contributed by atoms with E-state index in [2.05, 4.69) is 65.7 Å². The van der Waals surface area contributed by atoms with Gasteiger partial charge in [0.1, 0.15) is 17.6 Å². The number of rotatable bonds is 11. The third kappa shape index (κ3) is 8.02. The maximum atomic E-state index is 12.8. The van der Waals surface area contributed by atoms with Crippen LogP contribution in [0.1, 0.15) is 35.6 Å². The highest BCUT2D eigenvalue weighted by Gasteiger charge is 2.22. The molecular weight excluding hydrogens is 606 g/mol. The predicted molar refractivity (Wildman–Crippen MR) is 152 cm³/mol. The molecule has 2 heterocycles. The highest BCUT2D eigenvalue weighted by Crippen LogP contribution is 2.28. The molecule has 1 unspecified atom stereocenters. The quantitative estimate of drug-likeness (QED) is 0.269. The molecule has 1 aliphatic heterocycles. The van der Waals surface area contributed by atoms with Gasteiger partial charge in [-0.3, -0.25) is 9.59 Å². The maximum absolute atomic E-state index is 12.8. The van der Waals surface area contributed by atoms with Crippen LogP contribution in [-0.2, 0) is 4.79 Å². The lowest BCUT2D eigenvalue weighted by Gasteiger charge is -2.24. The van der Waals surface area contributed by atoms with Gasteiger partial charge in [0.2, 0.25) is 5.91 Å². The van der Waals surface area contributed by atoms with Gasteiger partial charge >= 0.3 is 0 Å². The number of halogens is 2. The van der Waals surface area contributed by atoms with Crippen molar-refractivity contribution in [3.63, 3.8) is 0 Å². The van der Waals surface area contributed by atoms with Crippen molar-refractivity contribution in [2.75, 3.05) is 25.0 Å². The van der Waals surface area contributed by atoms with Crippen LogP contribution in [0.5, 0.6) is 0 Å². The molecule has 1 aromatic heterocycles. The van der Waals surface area contributed by atoms with Gasteiger partial charge in [0.15, 0.2) is 0 Å². The van der Waals surface area contributed by atoms with Gasteiger partial charge < -0.3 is 15.5 Å². The number of hydrogen-bond donors (Lipinski definition) is 2. The molecule has 2 aromatic rings. The minimum Gasteiger partial charge on any atom is -0.372 e. The first kappa shape index (κ1) is 28.1. The van der Waals surface area contributed by atoms with Crippen molar-refractivity contribution >= 4 is 60.6 Å². The van der Waals surface area contributed by atoms with Crippen molar-refractivity contribution < 1.29 is 9.59 Å². The van der Waals surface area contributed by atoms with Crippen molar-refractivity contribution in [3.05, 3.63) is 58.6 Å². The summed E-state index contributed by atoms with van der Waals surface area (Å²) < 4.78 is 0. The van der Waals surface area contributed by atoms with E-state index < -0.39 is 6.04 Å². The van der Waals surface area contributed by atoms with Gasteiger partial charge in [-0.05, 0) is 30.5 Å². The lowest BCUT2D eigenvalue weighted by molar-refractivity contribution is -0.123. The molecule has 7 nitrogen and oxygen atoms in total.